The smallest absolute Gasteiger partial charge is 0.231 e. The predicted molar refractivity (Wildman–Crippen MR) is 96.8 cm³/mol. The molecular weight excluding hydrogens is 318 g/mol. The number of nitrogens with one attached hydrogen (secondary N) is 2. The maximum atomic E-state index is 12.1. The van der Waals surface area contributed by atoms with E-state index in [1.54, 1.807) is 6.20 Å². The van der Waals surface area contributed by atoms with Gasteiger partial charge in [0.15, 0.2) is 11.5 Å². The average Bonchev–Trinajstić information content (AvgIpc) is 3.10. The summed E-state index contributed by atoms with van der Waals surface area (Å²) in [7, 11) is 0. The second-order valence-electron chi connectivity index (χ2n) is 5.98. The summed E-state index contributed by atoms with van der Waals surface area (Å²) in [6.07, 6.45) is 3.35. The van der Waals surface area contributed by atoms with Gasteiger partial charge in [0.05, 0.1) is 11.9 Å². The monoisotopic (exact) mass is 341 g/mol. The lowest BCUT2D eigenvalue weighted by atomic mass is 10.0. The van der Waals surface area contributed by atoms with Gasteiger partial charge in [-0.25, -0.2) is 4.98 Å². The summed E-state index contributed by atoms with van der Waals surface area (Å²) >= 11 is 0. The summed E-state index contributed by atoms with van der Waals surface area (Å²) in [6, 6.07) is 9.57. The second-order valence-corrected chi connectivity index (χ2v) is 5.98. The molecule has 0 saturated heterocycles. The first-order valence-electron chi connectivity index (χ1n) is 8.59. The van der Waals surface area contributed by atoms with Gasteiger partial charge in [0.1, 0.15) is 5.82 Å². The summed E-state index contributed by atoms with van der Waals surface area (Å²) in [5.74, 6) is 2.39. The Hall–Kier alpha value is -2.76. The quantitative estimate of drug-likeness (QED) is 0.801. The maximum Gasteiger partial charge on any atom is 0.231 e. The minimum Gasteiger partial charge on any atom is -0.454 e. The number of hydrogen-bond acceptors (Lipinski definition) is 5. The Labute approximate surface area is 147 Å². The number of pyridine rings is 1. The molecule has 0 spiro atoms. The average molecular weight is 341 g/mol. The Morgan fingerprint density at radius 1 is 1.16 bits per heavy atom. The molecule has 3 rings (SSSR count). The highest BCUT2D eigenvalue weighted by Crippen LogP contribution is 2.32. The molecule has 1 aromatic heterocycles. The van der Waals surface area contributed by atoms with Gasteiger partial charge >= 0.3 is 0 Å². The van der Waals surface area contributed by atoms with E-state index in [1.165, 1.54) is 0 Å². The van der Waals surface area contributed by atoms with Crippen LogP contribution in [0.1, 0.15) is 32.3 Å². The topological polar surface area (TPSA) is 72.5 Å². The van der Waals surface area contributed by atoms with Gasteiger partial charge in [-0.15, -0.1) is 0 Å². The van der Waals surface area contributed by atoms with Crippen LogP contribution in [0.5, 0.6) is 11.5 Å². The van der Waals surface area contributed by atoms with Crippen LogP contribution >= 0.6 is 0 Å². The number of benzene rings is 1. The minimum atomic E-state index is 0.0452. The molecule has 1 aliphatic rings. The fraction of sp³-hybridized carbons (Fsp3) is 0.368. The van der Waals surface area contributed by atoms with Crippen molar-refractivity contribution < 1.29 is 14.3 Å². The molecule has 0 fully saturated rings. The SMILES string of the molecule is CCC(CC)C(=O)Nc1ccc(NCc2ccc3c(c2)OCO3)nc1. The molecule has 0 bridgehead atoms. The van der Waals surface area contributed by atoms with Gasteiger partial charge in [0.25, 0.3) is 0 Å². The van der Waals surface area contributed by atoms with Crippen LogP contribution in [0.2, 0.25) is 0 Å². The van der Waals surface area contributed by atoms with E-state index in [1.807, 2.05) is 44.2 Å². The molecule has 0 aliphatic carbocycles. The van der Waals surface area contributed by atoms with Crippen molar-refractivity contribution in [2.75, 3.05) is 17.4 Å². The molecule has 6 heteroatoms. The summed E-state index contributed by atoms with van der Waals surface area (Å²) in [5.41, 5.74) is 1.79. The van der Waals surface area contributed by atoms with Crippen molar-refractivity contribution in [2.45, 2.75) is 33.2 Å². The molecule has 0 radical (unpaired) electrons. The summed E-state index contributed by atoms with van der Waals surface area (Å²) in [5, 5.41) is 6.17. The van der Waals surface area contributed by atoms with Crippen LogP contribution in [-0.2, 0) is 11.3 Å². The third-order valence-corrected chi connectivity index (χ3v) is 4.30. The van der Waals surface area contributed by atoms with Crippen LogP contribution < -0.4 is 20.1 Å². The van der Waals surface area contributed by atoms with Gasteiger partial charge in [0, 0.05) is 12.5 Å². The molecule has 2 heterocycles. The van der Waals surface area contributed by atoms with E-state index in [4.69, 9.17) is 9.47 Å². The number of nitrogens with zero attached hydrogens (tertiary/aromatic N) is 1. The number of ether oxygens (including phenoxy) is 2. The lowest BCUT2D eigenvalue weighted by molar-refractivity contribution is -0.120. The number of rotatable bonds is 7. The number of hydrogen-bond donors (Lipinski definition) is 2. The van der Waals surface area contributed by atoms with Crippen LogP contribution in [0.15, 0.2) is 36.5 Å². The van der Waals surface area contributed by atoms with Crippen molar-refractivity contribution in [2.24, 2.45) is 5.92 Å². The molecule has 1 amide bonds. The zero-order valence-electron chi connectivity index (χ0n) is 14.5. The van der Waals surface area contributed by atoms with Gasteiger partial charge in [0.2, 0.25) is 12.7 Å². The van der Waals surface area contributed by atoms with E-state index < -0.39 is 0 Å². The van der Waals surface area contributed by atoms with Crippen LogP contribution in [0.3, 0.4) is 0 Å². The van der Waals surface area contributed by atoms with Crippen LogP contribution in [-0.4, -0.2) is 17.7 Å². The van der Waals surface area contributed by atoms with Crippen molar-refractivity contribution in [3.63, 3.8) is 0 Å². The molecule has 132 valence electrons. The van der Waals surface area contributed by atoms with Gasteiger partial charge in [-0.3, -0.25) is 4.79 Å². The van der Waals surface area contributed by atoms with E-state index >= 15 is 0 Å². The summed E-state index contributed by atoms with van der Waals surface area (Å²) < 4.78 is 10.7. The standard InChI is InChI=1S/C19H23N3O3/c1-3-14(4-2)19(23)22-15-6-8-18(21-11-15)20-10-13-5-7-16-17(9-13)25-12-24-16/h5-9,11,14H,3-4,10,12H2,1-2H3,(H,20,21)(H,22,23). The normalized spacial score (nSPS) is 12.3. The van der Waals surface area contributed by atoms with Crippen molar-refractivity contribution in [3.05, 3.63) is 42.1 Å². The second kappa shape index (κ2) is 7.88. The molecule has 1 aliphatic heterocycles. The molecule has 0 saturated carbocycles. The number of aromatic nitrogens is 1. The van der Waals surface area contributed by atoms with E-state index in [9.17, 15) is 4.79 Å². The van der Waals surface area contributed by atoms with Gasteiger partial charge in [-0.2, -0.15) is 0 Å². The van der Waals surface area contributed by atoms with Crippen molar-refractivity contribution >= 4 is 17.4 Å². The van der Waals surface area contributed by atoms with Crippen molar-refractivity contribution in [1.29, 1.82) is 0 Å². The van der Waals surface area contributed by atoms with Crippen LogP contribution in [0.25, 0.3) is 0 Å². The van der Waals surface area contributed by atoms with E-state index in [2.05, 4.69) is 15.6 Å². The number of anilines is 2. The van der Waals surface area contributed by atoms with Crippen molar-refractivity contribution in [1.82, 2.24) is 4.98 Å². The highest BCUT2D eigenvalue weighted by atomic mass is 16.7. The maximum absolute atomic E-state index is 12.1. The predicted octanol–water partition coefficient (Wildman–Crippen LogP) is 3.80. The van der Waals surface area contributed by atoms with E-state index in [0.717, 1.165) is 35.7 Å². The number of amides is 1. The number of carbonyl (C=O) groups excluding carboxylic acids is 1. The lowest BCUT2D eigenvalue weighted by Crippen LogP contribution is -2.21. The highest BCUT2D eigenvalue weighted by Gasteiger charge is 2.14. The molecule has 0 atom stereocenters. The third kappa shape index (κ3) is 4.21. The fourth-order valence-electron chi connectivity index (χ4n) is 2.72. The molecular formula is C19H23N3O3. The number of carbonyl (C=O) groups is 1. The molecule has 25 heavy (non-hydrogen) atoms. The van der Waals surface area contributed by atoms with Crippen molar-refractivity contribution in [3.8, 4) is 11.5 Å². The Morgan fingerprint density at radius 2 is 1.96 bits per heavy atom. The van der Waals surface area contributed by atoms with E-state index in [-0.39, 0.29) is 18.6 Å². The number of fused-ring (bicyclic) bond motifs is 1. The molecule has 2 aromatic rings. The first-order valence-corrected chi connectivity index (χ1v) is 8.59. The van der Waals surface area contributed by atoms with Crippen LogP contribution in [0.4, 0.5) is 11.5 Å². The zero-order valence-corrected chi connectivity index (χ0v) is 14.5. The molecule has 0 unspecified atom stereocenters. The fourth-order valence-corrected chi connectivity index (χ4v) is 2.72. The minimum absolute atomic E-state index is 0.0452. The van der Waals surface area contributed by atoms with E-state index in [0.29, 0.717) is 12.2 Å². The Balaban J connectivity index is 1.55. The summed E-state index contributed by atoms with van der Waals surface area (Å²) in [6.45, 7) is 4.95. The Bertz CT molecular complexity index is 727. The first kappa shape index (κ1) is 17.1. The largest absolute Gasteiger partial charge is 0.454 e. The first-order chi connectivity index (χ1) is 12.2. The van der Waals surface area contributed by atoms with Gasteiger partial charge in [-0.05, 0) is 42.7 Å². The Morgan fingerprint density at radius 3 is 2.68 bits per heavy atom. The lowest BCUT2D eigenvalue weighted by Gasteiger charge is -2.13. The molecule has 6 nitrogen and oxygen atoms in total. The molecule has 2 N–H and O–H groups in total. The summed E-state index contributed by atoms with van der Waals surface area (Å²) in [4.78, 5) is 16.4. The van der Waals surface area contributed by atoms with Gasteiger partial charge < -0.3 is 20.1 Å². The molecule has 1 aromatic carbocycles. The Kier molecular flexibility index (Phi) is 5.38. The highest BCUT2D eigenvalue weighted by molar-refractivity contribution is 5.92. The third-order valence-electron chi connectivity index (χ3n) is 4.30. The zero-order chi connectivity index (χ0) is 17.6. The van der Waals surface area contributed by atoms with Crippen LogP contribution in [0, 0.1) is 5.92 Å². The van der Waals surface area contributed by atoms with Gasteiger partial charge in [-0.1, -0.05) is 19.9 Å².